The minimum atomic E-state index is -0.203. The summed E-state index contributed by atoms with van der Waals surface area (Å²) >= 11 is 0. The number of H-pyrrole nitrogens is 1. The number of aromatic amines is 1. The minimum absolute atomic E-state index is 0.0779. The molecule has 0 amide bonds. The van der Waals surface area contributed by atoms with Crippen molar-refractivity contribution in [2.24, 2.45) is 11.8 Å². The van der Waals surface area contributed by atoms with E-state index in [1.807, 2.05) is 30.3 Å². The monoisotopic (exact) mass is 297 g/mol. The average molecular weight is 297 g/mol. The van der Waals surface area contributed by atoms with Crippen LogP contribution in [-0.2, 0) is 6.42 Å². The van der Waals surface area contributed by atoms with Crippen molar-refractivity contribution in [1.82, 2.24) is 4.98 Å². The van der Waals surface area contributed by atoms with Crippen LogP contribution in [0.3, 0.4) is 0 Å². The van der Waals surface area contributed by atoms with Gasteiger partial charge in [0.05, 0.1) is 5.56 Å². The second-order valence-electron chi connectivity index (χ2n) is 6.58. The molecule has 3 rings (SSSR count). The van der Waals surface area contributed by atoms with E-state index in [4.69, 9.17) is 0 Å². The number of aromatic nitrogens is 1. The van der Waals surface area contributed by atoms with Gasteiger partial charge in [0.25, 0.3) is 5.56 Å². The number of benzene rings is 1. The lowest BCUT2D eigenvalue weighted by molar-refractivity contribution is 0.287. The van der Waals surface area contributed by atoms with Crippen LogP contribution in [0.4, 0.5) is 0 Å². The highest BCUT2D eigenvalue weighted by Crippen LogP contribution is 2.31. The summed E-state index contributed by atoms with van der Waals surface area (Å²) < 4.78 is 0. The van der Waals surface area contributed by atoms with E-state index < -0.39 is 0 Å². The van der Waals surface area contributed by atoms with Crippen LogP contribution in [0.15, 0.2) is 41.2 Å². The summed E-state index contributed by atoms with van der Waals surface area (Å²) in [7, 11) is 0. The SMILES string of the molecule is CC1CCC(Cc2cc(O)c(-c3ccccc3)c(=O)[nH]2)CC1. The minimum Gasteiger partial charge on any atom is -0.507 e. The summed E-state index contributed by atoms with van der Waals surface area (Å²) in [6.45, 7) is 2.30. The first-order valence-electron chi connectivity index (χ1n) is 8.14. The van der Waals surface area contributed by atoms with Crippen molar-refractivity contribution in [2.75, 3.05) is 0 Å². The molecule has 0 saturated heterocycles. The number of hydrogen-bond donors (Lipinski definition) is 2. The van der Waals surface area contributed by atoms with Gasteiger partial charge in [-0.1, -0.05) is 50.1 Å². The van der Waals surface area contributed by atoms with E-state index in [2.05, 4.69) is 11.9 Å². The fraction of sp³-hybridized carbons (Fsp3) is 0.421. The first-order chi connectivity index (χ1) is 10.6. The standard InChI is InChI=1S/C19H23NO2/c1-13-7-9-14(10-8-13)11-16-12-17(21)18(19(22)20-16)15-5-3-2-4-6-15/h2-6,12-14H,7-11H2,1H3,(H2,20,21,22). The Morgan fingerprint density at radius 3 is 2.45 bits per heavy atom. The van der Waals surface area contributed by atoms with Gasteiger partial charge in [-0.25, -0.2) is 0 Å². The van der Waals surface area contributed by atoms with Gasteiger partial charge in [0, 0.05) is 11.8 Å². The Labute approximate surface area is 131 Å². The van der Waals surface area contributed by atoms with Crippen molar-refractivity contribution >= 4 is 0 Å². The third-order valence-electron chi connectivity index (χ3n) is 4.77. The van der Waals surface area contributed by atoms with Crippen molar-refractivity contribution in [2.45, 2.75) is 39.0 Å². The lowest BCUT2D eigenvalue weighted by atomic mass is 9.81. The zero-order valence-corrected chi connectivity index (χ0v) is 13.0. The molecule has 0 spiro atoms. The Balaban J connectivity index is 1.82. The fourth-order valence-electron chi connectivity index (χ4n) is 3.44. The summed E-state index contributed by atoms with van der Waals surface area (Å²) in [6.07, 6.45) is 5.81. The van der Waals surface area contributed by atoms with Crippen LogP contribution < -0.4 is 5.56 Å². The smallest absolute Gasteiger partial charge is 0.259 e. The second kappa shape index (κ2) is 6.39. The normalized spacial score (nSPS) is 21.7. The fourth-order valence-corrected chi connectivity index (χ4v) is 3.44. The summed E-state index contributed by atoms with van der Waals surface area (Å²) in [5, 5.41) is 10.3. The highest BCUT2D eigenvalue weighted by Gasteiger charge is 2.20. The largest absolute Gasteiger partial charge is 0.507 e. The molecule has 1 saturated carbocycles. The second-order valence-corrected chi connectivity index (χ2v) is 6.58. The van der Waals surface area contributed by atoms with Crippen LogP contribution in [0.2, 0.25) is 0 Å². The molecule has 22 heavy (non-hydrogen) atoms. The van der Waals surface area contributed by atoms with E-state index in [0.29, 0.717) is 11.5 Å². The summed E-state index contributed by atoms with van der Waals surface area (Å²) in [5.41, 5.74) is 1.76. The first kappa shape index (κ1) is 14.9. The Kier molecular flexibility index (Phi) is 4.32. The molecule has 1 aliphatic rings. The van der Waals surface area contributed by atoms with Gasteiger partial charge in [0.1, 0.15) is 5.75 Å². The molecule has 0 atom stereocenters. The third-order valence-corrected chi connectivity index (χ3v) is 4.77. The van der Waals surface area contributed by atoms with E-state index >= 15 is 0 Å². The van der Waals surface area contributed by atoms with Crippen LogP contribution in [0.1, 0.15) is 38.3 Å². The van der Waals surface area contributed by atoms with E-state index in [-0.39, 0.29) is 11.3 Å². The van der Waals surface area contributed by atoms with Gasteiger partial charge >= 0.3 is 0 Å². The lowest BCUT2D eigenvalue weighted by Gasteiger charge is -2.26. The van der Waals surface area contributed by atoms with Gasteiger partial charge in [-0.2, -0.15) is 0 Å². The Hall–Kier alpha value is -2.03. The van der Waals surface area contributed by atoms with Gasteiger partial charge < -0.3 is 10.1 Å². The molecule has 3 heteroatoms. The number of pyridine rings is 1. The molecular weight excluding hydrogens is 274 g/mol. The number of hydrogen-bond acceptors (Lipinski definition) is 2. The molecule has 1 fully saturated rings. The maximum absolute atomic E-state index is 12.3. The van der Waals surface area contributed by atoms with Crippen LogP contribution in [0.25, 0.3) is 11.1 Å². The van der Waals surface area contributed by atoms with Gasteiger partial charge in [0.2, 0.25) is 0 Å². The molecule has 1 aromatic heterocycles. The molecule has 116 valence electrons. The van der Waals surface area contributed by atoms with Crippen molar-refractivity contribution in [3.05, 3.63) is 52.4 Å². The highest BCUT2D eigenvalue weighted by atomic mass is 16.3. The Bertz CT molecular complexity index is 682. The van der Waals surface area contributed by atoms with E-state index in [1.54, 1.807) is 6.07 Å². The van der Waals surface area contributed by atoms with Crippen LogP contribution in [0, 0.1) is 11.8 Å². The van der Waals surface area contributed by atoms with Crippen molar-refractivity contribution < 1.29 is 5.11 Å². The molecule has 1 aliphatic carbocycles. The zero-order chi connectivity index (χ0) is 15.5. The summed E-state index contributed by atoms with van der Waals surface area (Å²) in [6, 6.07) is 11.0. The molecule has 1 aromatic carbocycles. The molecule has 0 radical (unpaired) electrons. The molecule has 2 N–H and O–H groups in total. The van der Waals surface area contributed by atoms with E-state index in [0.717, 1.165) is 23.6 Å². The number of rotatable bonds is 3. The quantitative estimate of drug-likeness (QED) is 0.895. The van der Waals surface area contributed by atoms with Crippen LogP contribution >= 0.6 is 0 Å². The lowest BCUT2D eigenvalue weighted by Crippen LogP contribution is -2.18. The van der Waals surface area contributed by atoms with E-state index in [9.17, 15) is 9.90 Å². The average Bonchev–Trinajstić information content (AvgIpc) is 2.50. The zero-order valence-electron chi connectivity index (χ0n) is 13.0. The Morgan fingerprint density at radius 2 is 1.82 bits per heavy atom. The molecule has 0 bridgehead atoms. The predicted molar refractivity (Wildman–Crippen MR) is 89.0 cm³/mol. The third kappa shape index (κ3) is 3.24. The van der Waals surface area contributed by atoms with Crippen molar-refractivity contribution in [3.63, 3.8) is 0 Å². The van der Waals surface area contributed by atoms with Crippen molar-refractivity contribution in [3.8, 4) is 16.9 Å². The van der Waals surface area contributed by atoms with Gasteiger partial charge in [-0.3, -0.25) is 4.79 Å². The predicted octanol–water partition coefficient (Wildman–Crippen LogP) is 4.12. The topological polar surface area (TPSA) is 53.1 Å². The molecular formula is C19H23NO2. The summed E-state index contributed by atoms with van der Waals surface area (Å²) in [4.78, 5) is 15.3. The molecule has 0 aliphatic heterocycles. The van der Waals surface area contributed by atoms with Crippen LogP contribution in [0.5, 0.6) is 5.75 Å². The number of aromatic hydroxyl groups is 1. The van der Waals surface area contributed by atoms with Gasteiger partial charge in [-0.05, 0) is 36.7 Å². The van der Waals surface area contributed by atoms with Gasteiger partial charge in [0.15, 0.2) is 0 Å². The summed E-state index contributed by atoms with van der Waals surface area (Å²) in [5.74, 6) is 1.52. The number of nitrogens with one attached hydrogen (secondary N) is 1. The highest BCUT2D eigenvalue weighted by molar-refractivity contribution is 5.68. The Morgan fingerprint density at radius 1 is 1.14 bits per heavy atom. The first-order valence-corrected chi connectivity index (χ1v) is 8.14. The molecule has 0 unspecified atom stereocenters. The molecule has 3 nitrogen and oxygen atoms in total. The maximum Gasteiger partial charge on any atom is 0.259 e. The van der Waals surface area contributed by atoms with Gasteiger partial charge in [-0.15, -0.1) is 0 Å². The van der Waals surface area contributed by atoms with Crippen LogP contribution in [-0.4, -0.2) is 10.1 Å². The van der Waals surface area contributed by atoms with E-state index in [1.165, 1.54) is 25.7 Å². The molecule has 2 aromatic rings. The maximum atomic E-state index is 12.3. The van der Waals surface area contributed by atoms with Crippen molar-refractivity contribution in [1.29, 1.82) is 0 Å². The molecule has 1 heterocycles.